The van der Waals surface area contributed by atoms with E-state index in [2.05, 4.69) is 0 Å². The normalized spacial score (nSPS) is 13.1. The van der Waals surface area contributed by atoms with Crippen molar-refractivity contribution in [1.29, 1.82) is 0 Å². The molecule has 1 atom stereocenters. The molecule has 1 unspecified atom stereocenters. The van der Waals surface area contributed by atoms with Crippen LogP contribution in [0.5, 0.6) is 0 Å². The molecule has 0 radical (unpaired) electrons. The van der Waals surface area contributed by atoms with E-state index in [1.807, 2.05) is 38.1 Å². The lowest BCUT2D eigenvalue weighted by atomic mass is 10.1. The highest BCUT2D eigenvalue weighted by atomic mass is 35.5. The zero-order chi connectivity index (χ0) is 11.3. The minimum Gasteiger partial charge on any atom is -0.379 e. The van der Waals surface area contributed by atoms with E-state index in [0.717, 1.165) is 17.0 Å². The molecule has 0 aliphatic heterocycles. The third-order valence-electron chi connectivity index (χ3n) is 2.18. The van der Waals surface area contributed by atoms with Crippen LogP contribution < -0.4 is 5.73 Å². The average molecular weight is 228 g/mol. The predicted molar refractivity (Wildman–Crippen MR) is 64.1 cm³/mol. The van der Waals surface area contributed by atoms with E-state index in [0.29, 0.717) is 6.61 Å². The summed E-state index contributed by atoms with van der Waals surface area (Å²) in [6.07, 6.45) is 1.10. The minimum absolute atomic E-state index is 0.0287. The largest absolute Gasteiger partial charge is 0.379 e. The van der Waals surface area contributed by atoms with Crippen molar-refractivity contribution >= 4 is 11.6 Å². The molecule has 0 aliphatic carbocycles. The van der Waals surface area contributed by atoms with Crippen molar-refractivity contribution in [2.24, 2.45) is 5.73 Å². The van der Waals surface area contributed by atoms with Crippen molar-refractivity contribution in [3.8, 4) is 0 Å². The van der Waals surface area contributed by atoms with Crippen LogP contribution in [0.15, 0.2) is 24.3 Å². The Morgan fingerprint density at radius 1 is 1.27 bits per heavy atom. The van der Waals surface area contributed by atoms with Crippen LogP contribution in [0.4, 0.5) is 0 Å². The number of rotatable bonds is 5. The van der Waals surface area contributed by atoms with Crippen molar-refractivity contribution < 1.29 is 4.74 Å². The standard InChI is InChI=1S/C12H18ClNO/c1-9(2)15-8-7-12(14)10-3-5-11(13)6-4-10/h3-6,9,12H,7-8,14H2,1-2H3. The molecule has 1 rings (SSSR count). The molecule has 2 nitrogen and oxygen atoms in total. The Bertz CT molecular complexity index is 284. The molecule has 0 fully saturated rings. The van der Waals surface area contributed by atoms with Crippen molar-refractivity contribution in [3.63, 3.8) is 0 Å². The number of hydrogen-bond acceptors (Lipinski definition) is 2. The molecule has 0 heterocycles. The summed E-state index contributed by atoms with van der Waals surface area (Å²) in [5.41, 5.74) is 7.11. The van der Waals surface area contributed by atoms with Crippen molar-refractivity contribution in [2.45, 2.75) is 32.4 Å². The molecule has 15 heavy (non-hydrogen) atoms. The molecule has 2 N–H and O–H groups in total. The van der Waals surface area contributed by atoms with Crippen LogP contribution in [0.3, 0.4) is 0 Å². The van der Waals surface area contributed by atoms with Gasteiger partial charge in [-0.25, -0.2) is 0 Å². The number of ether oxygens (including phenoxy) is 1. The summed E-state index contributed by atoms with van der Waals surface area (Å²) in [5, 5.41) is 0.740. The summed E-state index contributed by atoms with van der Waals surface area (Å²) in [6.45, 7) is 4.74. The fourth-order valence-corrected chi connectivity index (χ4v) is 1.43. The van der Waals surface area contributed by atoms with Gasteiger partial charge >= 0.3 is 0 Å². The van der Waals surface area contributed by atoms with Gasteiger partial charge in [-0.05, 0) is 38.0 Å². The van der Waals surface area contributed by atoms with Crippen molar-refractivity contribution in [1.82, 2.24) is 0 Å². The van der Waals surface area contributed by atoms with Gasteiger partial charge in [0.25, 0.3) is 0 Å². The maximum absolute atomic E-state index is 6.01. The van der Waals surface area contributed by atoms with E-state index in [1.54, 1.807) is 0 Å². The van der Waals surface area contributed by atoms with Crippen molar-refractivity contribution in [3.05, 3.63) is 34.9 Å². The van der Waals surface area contributed by atoms with E-state index >= 15 is 0 Å². The first kappa shape index (κ1) is 12.5. The van der Waals surface area contributed by atoms with Crippen molar-refractivity contribution in [2.75, 3.05) is 6.61 Å². The quantitative estimate of drug-likeness (QED) is 0.839. The fraction of sp³-hybridized carbons (Fsp3) is 0.500. The van der Waals surface area contributed by atoms with Gasteiger partial charge in [0.2, 0.25) is 0 Å². The van der Waals surface area contributed by atoms with E-state index in [-0.39, 0.29) is 12.1 Å². The highest BCUT2D eigenvalue weighted by Crippen LogP contribution is 2.17. The Hall–Kier alpha value is -0.570. The second-order valence-electron chi connectivity index (χ2n) is 3.87. The van der Waals surface area contributed by atoms with Gasteiger partial charge in [0.05, 0.1) is 6.10 Å². The first-order valence-electron chi connectivity index (χ1n) is 5.22. The second-order valence-corrected chi connectivity index (χ2v) is 4.30. The van der Waals surface area contributed by atoms with Crippen LogP contribution >= 0.6 is 11.6 Å². The summed E-state index contributed by atoms with van der Waals surface area (Å²) in [7, 11) is 0. The van der Waals surface area contributed by atoms with Gasteiger partial charge in [-0.3, -0.25) is 0 Å². The van der Waals surface area contributed by atoms with Crippen LogP contribution in [0.25, 0.3) is 0 Å². The van der Waals surface area contributed by atoms with Crippen LogP contribution in [0.1, 0.15) is 31.9 Å². The van der Waals surface area contributed by atoms with Gasteiger partial charge in [-0.1, -0.05) is 23.7 Å². The van der Waals surface area contributed by atoms with E-state index < -0.39 is 0 Å². The smallest absolute Gasteiger partial charge is 0.0518 e. The van der Waals surface area contributed by atoms with E-state index in [9.17, 15) is 0 Å². The topological polar surface area (TPSA) is 35.2 Å². The predicted octanol–water partition coefficient (Wildman–Crippen LogP) is 3.15. The summed E-state index contributed by atoms with van der Waals surface area (Å²) < 4.78 is 5.45. The van der Waals surface area contributed by atoms with Crippen LogP contribution in [-0.4, -0.2) is 12.7 Å². The summed E-state index contributed by atoms with van der Waals surface area (Å²) >= 11 is 5.80. The third-order valence-corrected chi connectivity index (χ3v) is 2.43. The molecule has 0 aromatic heterocycles. The summed E-state index contributed by atoms with van der Waals surface area (Å²) in [5.74, 6) is 0. The number of benzene rings is 1. The monoisotopic (exact) mass is 227 g/mol. The van der Waals surface area contributed by atoms with Gasteiger partial charge in [-0.2, -0.15) is 0 Å². The molecule has 0 amide bonds. The average Bonchev–Trinajstić information content (AvgIpc) is 2.18. The Kier molecular flexibility index (Phi) is 5.09. The SMILES string of the molecule is CC(C)OCCC(N)c1ccc(Cl)cc1. The molecular weight excluding hydrogens is 210 g/mol. The Morgan fingerprint density at radius 3 is 2.40 bits per heavy atom. The lowest BCUT2D eigenvalue weighted by molar-refractivity contribution is 0.0736. The second kappa shape index (κ2) is 6.11. The highest BCUT2D eigenvalue weighted by Gasteiger charge is 2.05. The first-order chi connectivity index (χ1) is 7.09. The van der Waals surface area contributed by atoms with E-state index in [4.69, 9.17) is 22.1 Å². The van der Waals surface area contributed by atoms with E-state index in [1.165, 1.54) is 0 Å². The molecule has 0 saturated heterocycles. The number of hydrogen-bond donors (Lipinski definition) is 1. The van der Waals surface area contributed by atoms with Gasteiger partial charge in [0.15, 0.2) is 0 Å². The van der Waals surface area contributed by atoms with Crippen LogP contribution in [0, 0.1) is 0 Å². The Balaban J connectivity index is 2.40. The maximum atomic E-state index is 6.01. The van der Waals surface area contributed by atoms with Crippen LogP contribution in [-0.2, 0) is 4.74 Å². The maximum Gasteiger partial charge on any atom is 0.0518 e. The molecular formula is C12H18ClNO. The molecule has 1 aromatic rings. The Labute approximate surface area is 96.4 Å². The molecule has 1 aromatic carbocycles. The fourth-order valence-electron chi connectivity index (χ4n) is 1.31. The molecule has 0 bridgehead atoms. The molecule has 3 heteroatoms. The molecule has 0 saturated carbocycles. The molecule has 0 aliphatic rings. The minimum atomic E-state index is 0.0287. The highest BCUT2D eigenvalue weighted by molar-refractivity contribution is 6.30. The molecule has 0 spiro atoms. The van der Waals surface area contributed by atoms with Crippen LogP contribution in [0.2, 0.25) is 5.02 Å². The number of nitrogens with two attached hydrogens (primary N) is 1. The number of halogens is 1. The van der Waals surface area contributed by atoms with Gasteiger partial charge < -0.3 is 10.5 Å². The zero-order valence-corrected chi connectivity index (χ0v) is 10.00. The Morgan fingerprint density at radius 2 is 1.87 bits per heavy atom. The summed E-state index contributed by atoms with van der Waals surface area (Å²) in [6, 6.07) is 7.67. The van der Waals surface area contributed by atoms with Gasteiger partial charge in [-0.15, -0.1) is 0 Å². The van der Waals surface area contributed by atoms with Gasteiger partial charge in [0, 0.05) is 17.7 Å². The zero-order valence-electron chi connectivity index (χ0n) is 9.24. The first-order valence-corrected chi connectivity index (χ1v) is 5.60. The lowest BCUT2D eigenvalue weighted by Gasteiger charge is -2.13. The third kappa shape index (κ3) is 4.65. The molecule has 84 valence electrons. The van der Waals surface area contributed by atoms with Gasteiger partial charge in [0.1, 0.15) is 0 Å². The lowest BCUT2D eigenvalue weighted by Crippen LogP contribution is -2.14. The summed E-state index contributed by atoms with van der Waals surface area (Å²) in [4.78, 5) is 0.